The van der Waals surface area contributed by atoms with Gasteiger partial charge in [0, 0.05) is 12.3 Å². The van der Waals surface area contributed by atoms with Crippen molar-refractivity contribution in [3.8, 4) is 0 Å². The van der Waals surface area contributed by atoms with E-state index in [1.54, 1.807) is 0 Å². The molecule has 0 heterocycles. The highest BCUT2D eigenvalue weighted by Crippen LogP contribution is 2.71. The van der Waals surface area contributed by atoms with Gasteiger partial charge in [0.25, 0.3) is 0 Å². The molecule has 4 fully saturated rings. The molecule has 126 valence electrons. The Morgan fingerprint density at radius 1 is 1.22 bits per heavy atom. The van der Waals surface area contributed by atoms with Crippen LogP contribution < -0.4 is 0 Å². The third-order valence-electron chi connectivity index (χ3n) is 8.19. The molecule has 0 aromatic carbocycles. The summed E-state index contributed by atoms with van der Waals surface area (Å²) < 4.78 is 0. The molecule has 4 saturated carbocycles. The molecular weight excluding hydrogens is 288 g/mol. The molecule has 0 aliphatic heterocycles. The van der Waals surface area contributed by atoms with Crippen LogP contribution >= 0.6 is 0 Å². The van der Waals surface area contributed by atoms with Gasteiger partial charge in [-0.25, -0.2) is 0 Å². The fourth-order valence-corrected chi connectivity index (χ4v) is 7.47. The van der Waals surface area contributed by atoms with Gasteiger partial charge >= 0.3 is 5.97 Å². The Kier molecular flexibility index (Phi) is 3.01. The van der Waals surface area contributed by atoms with E-state index in [2.05, 4.69) is 13.5 Å². The molecule has 4 aliphatic carbocycles. The smallest absolute Gasteiger partial charge is 0.310 e. The lowest BCUT2D eigenvalue weighted by molar-refractivity contribution is -0.186. The molecule has 0 saturated heterocycles. The van der Waals surface area contributed by atoms with Crippen LogP contribution in [0.5, 0.6) is 0 Å². The molecule has 3 heteroatoms. The molecular formula is C20H28O3. The van der Waals surface area contributed by atoms with Gasteiger partial charge in [0.05, 0.1) is 5.41 Å². The van der Waals surface area contributed by atoms with Gasteiger partial charge in [-0.2, -0.15) is 0 Å². The number of carbonyl (C=O) groups is 2. The van der Waals surface area contributed by atoms with Crippen molar-refractivity contribution in [3.63, 3.8) is 0 Å². The molecule has 4 aliphatic rings. The highest BCUT2D eigenvalue weighted by atomic mass is 16.4. The van der Waals surface area contributed by atoms with E-state index >= 15 is 0 Å². The molecule has 23 heavy (non-hydrogen) atoms. The number of Topliss-reactive ketones (excluding diaryl/α,β-unsaturated/α-hetero) is 1. The summed E-state index contributed by atoms with van der Waals surface area (Å²) in [5.74, 6) is 0.244. The number of hydrogen-bond acceptors (Lipinski definition) is 2. The zero-order chi connectivity index (χ0) is 16.6. The summed E-state index contributed by atoms with van der Waals surface area (Å²) in [5, 5.41) is 9.87. The summed E-state index contributed by atoms with van der Waals surface area (Å²) in [6.45, 7) is 8.35. The normalized spacial score (nSPS) is 52.0. The lowest BCUT2D eigenvalue weighted by atomic mass is 9.40. The van der Waals surface area contributed by atoms with E-state index in [1.807, 2.05) is 6.92 Å². The first-order valence-electron chi connectivity index (χ1n) is 9.17. The monoisotopic (exact) mass is 316 g/mol. The summed E-state index contributed by atoms with van der Waals surface area (Å²) in [4.78, 5) is 25.2. The molecule has 0 unspecified atom stereocenters. The fraction of sp³-hybridized carbons (Fsp3) is 0.800. The third-order valence-corrected chi connectivity index (χ3v) is 8.19. The second-order valence-electron chi connectivity index (χ2n) is 9.39. The van der Waals surface area contributed by atoms with Crippen molar-refractivity contribution in [2.24, 2.45) is 34.0 Å². The van der Waals surface area contributed by atoms with Gasteiger partial charge in [-0.15, -0.1) is 0 Å². The minimum absolute atomic E-state index is 0.0963. The third kappa shape index (κ3) is 1.77. The average Bonchev–Trinajstić information content (AvgIpc) is 2.67. The maximum atomic E-state index is 13.2. The quantitative estimate of drug-likeness (QED) is 0.737. The van der Waals surface area contributed by atoms with Crippen LogP contribution in [0.25, 0.3) is 0 Å². The SMILES string of the molecule is C=C1C[C@@]23CC(=O)[C@H]4[C@@](C)(CCC[C@@]4(C)C(=O)O)[C@@H]2CC[C@@H]1C3. The molecule has 1 spiro atoms. The number of carboxylic acid groups (broad SMARTS) is 1. The molecule has 2 bridgehead atoms. The van der Waals surface area contributed by atoms with Crippen molar-refractivity contribution >= 4 is 11.8 Å². The van der Waals surface area contributed by atoms with Crippen LogP contribution in [0.4, 0.5) is 0 Å². The molecule has 3 nitrogen and oxygen atoms in total. The molecule has 1 N–H and O–H groups in total. The Balaban J connectivity index is 1.82. The van der Waals surface area contributed by atoms with E-state index in [4.69, 9.17) is 0 Å². The van der Waals surface area contributed by atoms with E-state index in [0.717, 1.165) is 32.1 Å². The van der Waals surface area contributed by atoms with Crippen LogP contribution in [0.15, 0.2) is 12.2 Å². The summed E-state index contributed by atoms with van der Waals surface area (Å²) >= 11 is 0. The zero-order valence-electron chi connectivity index (χ0n) is 14.4. The second kappa shape index (κ2) is 4.49. The number of rotatable bonds is 1. The largest absolute Gasteiger partial charge is 0.481 e. The topological polar surface area (TPSA) is 54.4 Å². The molecule has 0 amide bonds. The van der Waals surface area contributed by atoms with Gasteiger partial charge in [-0.1, -0.05) is 25.5 Å². The van der Waals surface area contributed by atoms with Crippen LogP contribution in [-0.4, -0.2) is 16.9 Å². The van der Waals surface area contributed by atoms with Crippen molar-refractivity contribution in [2.45, 2.75) is 65.2 Å². The number of carboxylic acids is 1. The molecule has 4 rings (SSSR count). The molecule has 0 aromatic heterocycles. The van der Waals surface area contributed by atoms with Gasteiger partial charge in [0.1, 0.15) is 5.78 Å². The number of aliphatic carboxylic acids is 1. The van der Waals surface area contributed by atoms with Crippen molar-refractivity contribution < 1.29 is 14.7 Å². The minimum atomic E-state index is -0.877. The van der Waals surface area contributed by atoms with Crippen molar-refractivity contribution in [1.82, 2.24) is 0 Å². The van der Waals surface area contributed by atoms with E-state index in [-0.39, 0.29) is 22.5 Å². The van der Waals surface area contributed by atoms with Gasteiger partial charge in [-0.3, -0.25) is 9.59 Å². The highest BCUT2D eigenvalue weighted by molar-refractivity contribution is 5.90. The lowest BCUT2D eigenvalue weighted by Gasteiger charge is -2.62. The van der Waals surface area contributed by atoms with E-state index < -0.39 is 11.4 Å². The van der Waals surface area contributed by atoms with Crippen LogP contribution in [0.2, 0.25) is 0 Å². The number of carbonyl (C=O) groups excluding carboxylic acids is 1. The molecule has 0 aromatic rings. The van der Waals surface area contributed by atoms with Crippen LogP contribution in [0.1, 0.15) is 65.2 Å². The number of ketones is 1. The van der Waals surface area contributed by atoms with Gasteiger partial charge in [-0.05, 0) is 68.1 Å². The predicted molar refractivity (Wildman–Crippen MR) is 87.8 cm³/mol. The van der Waals surface area contributed by atoms with Gasteiger partial charge in [0.15, 0.2) is 0 Å². The van der Waals surface area contributed by atoms with Crippen molar-refractivity contribution in [1.29, 1.82) is 0 Å². The molecule has 6 atom stereocenters. The fourth-order valence-electron chi connectivity index (χ4n) is 7.47. The van der Waals surface area contributed by atoms with E-state index in [0.29, 0.717) is 24.7 Å². The summed E-state index contributed by atoms with van der Waals surface area (Å²) in [5.41, 5.74) is 0.423. The summed E-state index contributed by atoms with van der Waals surface area (Å²) in [6.07, 6.45) is 7.63. The Morgan fingerprint density at radius 3 is 2.65 bits per heavy atom. The summed E-state index contributed by atoms with van der Waals surface area (Å²) in [7, 11) is 0. The highest BCUT2D eigenvalue weighted by Gasteiger charge is 2.68. The zero-order valence-corrected chi connectivity index (χ0v) is 14.4. The van der Waals surface area contributed by atoms with Crippen LogP contribution in [0, 0.1) is 34.0 Å². The van der Waals surface area contributed by atoms with E-state index in [1.165, 1.54) is 12.0 Å². The van der Waals surface area contributed by atoms with Crippen molar-refractivity contribution in [3.05, 3.63) is 12.2 Å². The number of fused-ring (bicyclic) bond motifs is 3. The lowest BCUT2D eigenvalue weighted by Crippen LogP contribution is -2.61. The van der Waals surface area contributed by atoms with Crippen LogP contribution in [0.3, 0.4) is 0 Å². The predicted octanol–water partition coefficient (Wildman–Crippen LogP) is 4.22. The van der Waals surface area contributed by atoms with E-state index in [9.17, 15) is 14.7 Å². The maximum absolute atomic E-state index is 13.2. The first kappa shape index (κ1) is 15.4. The second-order valence-corrected chi connectivity index (χ2v) is 9.39. The number of allylic oxidation sites excluding steroid dienone is 1. The maximum Gasteiger partial charge on any atom is 0.310 e. The number of hydrogen-bond donors (Lipinski definition) is 1. The first-order valence-corrected chi connectivity index (χ1v) is 9.17. The summed E-state index contributed by atoms with van der Waals surface area (Å²) in [6, 6.07) is 0. The first-order chi connectivity index (χ1) is 10.7. The van der Waals surface area contributed by atoms with Crippen molar-refractivity contribution in [2.75, 3.05) is 0 Å². The Bertz CT molecular complexity index is 608. The van der Waals surface area contributed by atoms with Gasteiger partial charge in [0.2, 0.25) is 0 Å². The van der Waals surface area contributed by atoms with Gasteiger partial charge < -0.3 is 5.11 Å². The minimum Gasteiger partial charge on any atom is -0.481 e. The average molecular weight is 316 g/mol. The Hall–Kier alpha value is -1.12. The Morgan fingerprint density at radius 2 is 1.96 bits per heavy atom. The standard InChI is InChI=1S/C20H28O3/c1-12-9-20-10-13(12)5-6-15(20)18(2)7-4-8-19(3,17(22)23)16(18)14(21)11-20/h13,15-16H,1,4-11H2,2-3H3,(H,22,23)/t13-,15+,16+,18+,19-,20-/m1/s1. The molecule has 0 radical (unpaired) electrons. The van der Waals surface area contributed by atoms with Crippen LogP contribution in [-0.2, 0) is 9.59 Å². The Labute approximate surface area is 138 Å².